The van der Waals surface area contributed by atoms with Crippen LogP contribution in [0.15, 0.2) is 29.4 Å². The molecule has 0 saturated heterocycles. The van der Waals surface area contributed by atoms with Crippen LogP contribution in [-0.4, -0.2) is 39.0 Å². The third-order valence-electron chi connectivity index (χ3n) is 2.08. The molecule has 18 heavy (non-hydrogen) atoms. The molecule has 2 aromatic rings. The highest BCUT2D eigenvalue weighted by Gasteiger charge is 2.10. The fourth-order valence-corrected chi connectivity index (χ4v) is 1.94. The van der Waals surface area contributed by atoms with Crippen molar-refractivity contribution >= 4 is 17.7 Å². The van der Waals surface area contributed by atoms with E-state index in [0.29, 0.717) is 10.9 Å². The number of ether oxygens (including phenoxy) is 1. The minimum Gasteiger partial charge on any atom is -0.497 e. The van der Waals surface area contributed by atoms with Crippen molar-refractivity contribution < 1.29 is 9.53 Å². The predicted octanol–water partition coefficient (Wildman–Crippen LogP) is 0.248. The Bertz CT molecular complexity index is 557. The number of nitrogens with two attached hydrogens (primary N) is 1. The number of rotatable bonds is 5. The molecule has 0 radical (unpaired) electrons. The van der Waals surface area contributed by atoms with Crippen molar-refractivity contribution in [2.45, 2.75) is 5.16 Å². The molecule has 0 unspecified atom stereocenters. The SMILES string of the molecule is COc1cccc(-n2nnnc2SCC(N)=O)c1. The summed E-state index contributed by atoms with van der Waals surface area (Å²) in [6, 6.07) is 7.29. The maximum Gasteiger partial charge on any atom is 0.227 e. The van der Waals surface area contributed by atoms with Gasteiger partial charge in [0.1, 0.15) is 5.75 Å². The van der Waals surface area contributed by atoms with Gasteiger partial charge in [0.15, 0.2) is 0 Å². The molecular weight excluding hydrogens is 254 g/mol. The standard InChI is InChI=1S/C10H11N5O2S/c1-17-8-4-2-3-7(5-8)15-10(12-13-14-15)18-6-9(11)16/h2-5H,6H2,1H3,(H2,11,16). The minimum atomic E-state index is -0.416. The van der Waals surface area contributed by atoms with Crippen LogP contribution in [-0.2, 0) is 4.79 Å². The van der Waals surface area contributed by atoms with Gasteiger partial charge in [0.2, 0.25) is 11.1 Å². The molecule has 0 aliphatic rings. The lowest BCUT2D eigenvalue weighted by atomic mass is 10.3. The van der Waals surface area contributed by atoms with E-state index in [9.17, 15) is 4.79 Å². The van der Waals surface area contributed by atoms with Gasteiger partial charge in [-0.25, -0.2) is 0 Å². The van der Waals surface area contributed by atoms with Gasteiger partial charge >= 0.3 is 0 Å². The number of aromatic nitrogens is 4. The normalized spacial score (nSPS) is 10.3. The molecule has 0 spiro atoms. The Balaban J connectivity index is 2.27. The molecule has 8 heteroatoms. The topological polar surface area (TPSA) is 95.9 Å². The smallest absolute Gasteiger partial charge is 0.227 e. The van der Waals surface area contributed by atoms with E-state index in [1.807, 2.05) is 18.2 Å². The Morgan fingerprint density at radius 1 is 1.56 bits per heavy atom. The van der Waals surface area contributed by atoms with E-state index in [1.165, 1.54) is 16.4 Å². The van der Waals surface area contributed by atoms with E-state index in [0.717, 1.165) is 5.69 Å². The van der Waals surface area contributed by atoms with Crippen LogP contribution in [0.4, 0.5) is 0 Å². The number of tetrazole rings is 1. The largest absolute Gasteiger partial charge is 0.497 e. The van der Waals surface area contributed by atoms with Gasteiger partial charge < -0.3 is 10.5 Å². The summed E-state index contributed by atoms with van der Waals surface area (Å²) in [5.41, 5.74) is 5.84. The second kappa shape index (κ2) is 5.50. The van der Waals surface area contributed by atoms with Gasteiger partial charge in [-0.05, 0) is 22.6 Å². The second-order valence-electron chi connectivity index (χ2n) is 3.33. The number of methoxy groups -OCH3 is 1. The highest BCUT2D eigenvalue weighted by atomic mass is 32.2. The molecule has 0 fully saturated rings. The highest BCUT2D eigenvalue weighted by Crippen LogP contribution is 2.20. The van der Waals surface area contributed by atoms with Gasteiger partial charge in [-0.2, -0.15) is 4.68 Å². The van der Waals surface area contributed by atoms with Crippen LogP contribution < -0.4 is 10.5 Å². The summed E-state index contributed by atoms with van der Waals surface area (Å²) in [5.74, 6) is 0.415. The lowest BCUT2D eigenvalue weighted by Gasteiger charge is -2.05. The number of primary amides is 1. The van der Waals surface area contributed by atoms with Crippen LogP contribution in [0.25, 0.3) is 5.69 Å². The quantitative estimate of drug-likeness (QED) is 0.778. The first-order valence-corrected chi connectivity index (χ1v) is 6.03. The molecule has 0 aliphatic carbocycles. The van der Waals surface area contributed by atoms with Gasteiger partial charge in [-0.3, -0.25) is 4.79 Å². The van der Waals surface area contributed by atoms with Crippen LogP contribution in [0.1, 0.15) is 0 Å². The molecule has 1 heterocycles. The van der Waals surface area contributed by atoms with Crippen LogP contribution in [0.5, 0.6) is 5.75 Å². The zero-order valence-electron chi connectivity index (χ0n) is 9.61. The van der Waals surface area contributed by atoms with Crippen molar-refractivity contribution in [3.05, 3.63) is 24.3 Å². The number of carbonyl (C=O) groups excluding carboxylic acids is 1. The van der Waals surface area contributed by atoms with E-state index in [4.69, 9.17) is 10.5 Å². The summed E-state index contributed by atoms with van der Waals surface area (Å²) in [5, 5.41) is 11.8. The Morgan fingerprint density at radius 2 is 2.39 bits per heavy atom. The third kappa shape index (κ3) is 2.77. The highest BCUT2D eigenvalue weighted by molar-refractivity contribution is 7.99. The first kappa shape index (κ1) is 12.4. The van der Waals surface area contributed by atoms with Crippen LogP contribution in [0.2, 0.25) is 0 Å². The monoisotopic (exact) mass is 265 g/mol. The van der Waals surface area contributed by atoms with Gasteiger partial charge in [0, 0.05) is 6.07 Å². The number of thioether (sulfide) groups is 1. The fourth-order valence-electron chi connectivity index (χ4n) is 1.31. The van der Waals surface area contributed by atoms with E-state index >= 15 is 0 Å². The summed E-state index contributed by atoms with van der Waals surface area (Å²) >= 11 is 1.18. The van der Waals surface area contributed by atoms with Gasteiger partial charge in [0.05, 0.1) is 18.6 Å². The molecule has 1 amide bonds. The van der Waals surface area contributed by atoms with Crippen molar-refractivity contribution in [3.63, 3.8) is 0 Å². The van der Waals surface area contributed by atoms with Crippen molar-refractivity contribution in [2.75, 3.05) is 12.9 Å². The zero-order valence-corrected chi connectivity index (χ0v) is 10.4. The summed E-state index contributed by atoms with van der Waals surface area (Å²) in [6.07, 6.45) is 0. The van der Waals surface area contributed by atoms with Gasteiger partial charge in [-0.15, -0.1) is 5.10 Å². The molecule has 0 aliphatic heterocycles. The molecule has 2 rings (SSSR count). The van der Waals surface area contributed by atoms with E-state index in [2.05, 4.69) is 15.5 Å². The molecule has 0 saturated carbocycles. The molecule has 1 aromatic carbocycles. The summed E-state index contributed by atoms with van der Waals surface area (Å²) in [4.78, 5) is 10.7. The number of carbonyl (C=O) groups is 1. The molecule has 94 valence electrons. The third-order valence-corrected chi connectivity index (χ3v) is 3.02. The first-order chi connectivity index (χ1) is 8.70. The second-order valence-corrected chi connectivity index (χ2v) is 4.27. The molecule has 0 atom stereocenters. The van der Waals surface area contributed by atoms with Crippen molar-refractivity contribution in [3.8, 4) is 11.4 Å². The molecule has 0 bridgehead atoms. The van der Waals surface area contributed by atoms with E-state index in [1.54, 1.807) is 13.2 Å². The van der Waals surface area contributed by atoms with Crippen molar-refractivity contribution in [1.29, 1.82) is 0 Å². The van der Waals surface area contributed by atoms with E-state index in [-0.39, 0.29) is 5.75 Å². The maximum atomic E-state index is 10.7. The minimum absolute atomic E-state index is 0.129. The Labute approximate surface area is 107 Å². The molecular formula is C10H11N5O2S. The average Bonchev–Trinajstić information content (AvgIpc) is 2.84. The lowest BCUT2D eigenvalue weighted by molar-refractivity contribution is -0.115. The number of hydrogen-bond donors (Lipinski definition) is 1. The predicted molar refractivity (Wildman–Crippen MR) is 65.6 cm³/mol. The van der Waals surface area contributed by atoms with Crippen LogP contribution in [0, 0.1) is 0 Å². The van der Waals surface area contributed by atoms with Crippen molar-refractivity contribution in [2.24, 2.45) is 5.73 Å². The van der Waals surface area contributed by atoms with Crippen molar-refractivity contribution in [1.82, 2.24) is 20.2 Å². The fraction of sp³-hybridized carbons (Fsp3) is 0.200. The summed E-state index contributed by atoms with van der Waals surface area (Å²) in [6.45, 7) is 0. The summed E-state index contributed by atoms with van der Waals surface area (Å²) < 4.78 is 6.65. The van der Waals surface area contributed by atoms with Crippen LogP contribution >= 0.6 is 11.8 Å². The van der Waals surface area contributed by atoms with Gasteiger partial charge in [-0.1, -0.05) is 17.8 Å². The number of amides is 1. The van der Waals surface area contributed by atoms with E-state index < -0.39 is 5.91 Å². The zero-order chi connectivity index (χ0) is 13.0. The summed E-state index contributed by atoms with van der Waals surface area (Å²) in [7, 11) is 1.58. The molecule has 2 N–H and O–H groups in total. The Hall–Kier alpha value is -2.09. The first-order valence-electron chi connectivity index (χ1n) is 5.04. The number of hydrogen-bond acceptors (Lipinski definition) is 6. The lowest BCUT2D eigenvalue weighted by Crippen LogP contribution is -2.13. The van der Waals surface area contributed by atoms with Gasteiger partial charge in [0.25, 0.3) is 0 Å². The Morgan fingerprint density at radius 3 is 3.11 bits per heavy atom. The maximum absolute atomic E-state index is 10.7. The molecule has 7 nitrogen and oxygen atoms in total. The van der Waals surface area contributed by atoms with Crippen LogP contribution in [0.3, 0.4) is 0 Å². The average molecular weight is 265 g/mol. The number of benzene rings is 1. The molecule has 1 aromatic heterocycles. The number of nitrogens with zero attached hydrogens (tertiary/aromatic N) is 4. The Kier molecular flexibility index (Phi) is 3.78.